The van der Waals surface area contributed by atoms with E-state index in [0.29, 0.717) is 17.1 Å². The lowest BCUT2D eigenvalue weighted by Gasteiger charge is -2.00. The quantitative estimate of drug-likeness (QED) is 0.576. The van der Waals surface area contributed by atoms with E-state index in [1.54, 1.807) is 13.2 Å². The minimum Gasteiger partial charge on any atom is -0.497 e. The first-order chi connectivity index (χ1) is 12.7. The van der Waals surface area contributed by atoms with E-state index in [1.165, 1.54) is 0 Å². The van der Waals surface area contributed by atoms with E-state index in [9.17, 15) is 4.79 Å². The molecule has 26 heavy (non-hydrogen) atoms. The minimum atomic E-state index is -0.188. The Hall–Kier alpha value is -3.54. The second kappa shape index (κ2) is 6.76. The molecule has 0 bridgehead atoms. The number of H-pyrrole nitrogens is 1. The first-order valence-corrected chi connectivity index (χ1v) is 8.19. The first-order valence-electron chi connectivity index (χ1n) is 8.19. The lowest BCUT2D eigenvalue weighted by atomic mass is 10.1. The van der Waals surface area contributed by atoms with Gasteiger partial charge in [0.2, 0.25) is 0 Å². The van der Waals surface area contributed by atoms with Gasteiger partial charge in [0.05, 0.1) is 13.7 Å². The Bertz CT molecular complexity index is 1030. The van der Waals surface area contributed by atoms with Crippen molar-refractivity contribution in [2.75, 3.05) is 7.11 Å². The van der Waals surface area contributed by atoms with E-state index in [0.717, 1.165) is 22.2 Å². The largest absolute Gasteiger partial charge is 0.497 e. The van der Waals surface area contributed by atoms with Crippen molar-refractivity contribution >= 4 is 16.8 Å². The predicted octanol–water partition coefficient (Wildman–Crippen LogP) is 3.76. The fraction of sp³-hybridized carbons (Fsp3) is 0.100. The molecule has 2 aromatic carbocycles. The van der Waals surface area contributed by atoms with Gasteiger partial charge < -0.3 is 19.6 Å². The average molecular weight is 347 g/mol. The van der Waals surface area contributed by atoms with E-state index < -0.39 is 0 Å². The number of carbonyl (C=O) groups excluding carboxylic acids is 1. The summed E-state index contributed by atoms with van der Waals surface area (Å²) in [4.78, 5) is 15.4. The monoisotopic (exact) mass is 347 g/mol. The number of ether oxygens (including phenoxy) is 1. The molecule has 0 atom stereocenters. The molecule has 0 radical (unpaired) electrons. The van der Waals surface area contributed by atoms with Crippen LogP contribution >= 0.6 is 0 Å². The number of hydrogen-bond donors (Lipinski definition) is 2. The summed E-state index contributed by atoms with van der Waals surface area (Å²) in [5.41, 5.74) is 2.96. The van der Waals surface area contributed by atoms with E-state index >= 15 is 0 Å². The summed E-state index contributed by atoms with van der Waals surface area (Å²) in [5, 5.41) is 7.86. The highest BCUT2D eigenvalue weighted by atomic mass is 16.5. The Morgan fingerprint density at radius 3 is 2.88 bits per heavy atom. The van der Waals surface area contributed by atoms with Crippen LogP contribution in [0.2, 0.25) is 0 Å². The van der Waals surface area contributed by atoms with Crippen LogP contribution in [0.1, 0.15) is 16.2 Å². The van der Waals surface area contributed by atoms with Crippen molar-refractivity contribution in [2.45, 2.75) is 6.54 Å². The van der Waals surface area contributed by atoms with Crippen LogP contribution in [0.15, 0.2) is 65.2 Å². The van der Waals surface area contributed by atoms with Gasteiger partial charge in [0.15, 0.2) is 5.76 Å². The molecule has 2 aromatic heterocycles. The van der Waals surface area contributed by atoms with Crippen LogP contribution in [0.4, 0.5) is 0 Å². The van der Waals surface area contributed by atoms with Crippen molar-refractivity contribution in [3.8, 4) is 17.1 Å². The van der Waals surface area contributed by atoms with Crippen LogP contribution < -0.4 is 10.1 Å². The SMILES string of the molecule is COc1cccc(-c2cc(CNC(=O)c3cc4ccccc4[nH]3)no2)c1. The van der Waals surface area contributed by atoms with Crippen LogP contribution in [0, 0.1) is 0 Å². The summed E-state index contributed by atoms with van der Waals surface area (Å²) < 4.78 is 10.6. The van der Waals surface area contributed by atoms with E-state index in [1.807, 2.05) is 54.6 Å². The standard InChI is InChI=1S/C20H17N3O3/c1-25-16-7-4-6-14(9-16)19-11-15(23-26-19)12-21-20(24)18-10-13-5-2-3-8-17(13)22-18/h2-11,22H,12H2,1H3,(H,21,24). The Labute approximate surface area is 149 Å². The molecule has 0 fully saturated rings. The average Bonchev–Trinajstić information content (AvgIpc) is 3.33. The number of benzene rings is 2. The molecule has 0 aliphatic heterocycles. The van der Waals surface area contributed by atoms with Crippen LogP contribution in [0.5, 0.6) is 5.75 Å². The van der Waals surface area contributed by atoms with Crippen LogP contribution in [-0.2, 0) is 6.54 Å². The van der Waals surface area contributed by atoms with Gasteiger partial charge in [-0.2, -0.15) is 0 Å². The Kier molecular flexibility index (Phi) is 4.15. The first kappa shape index (κ1) is 16.0. The molecule has 0 spiro atoms. The van der Waals surface area contributed by atoms with Crippen molar-refractivity contribution < 1.29 is 14.1 Å². The van der Waals surface area contributed by atoms with Gasteiger partial charge in [-0.3, -0.25) is 4.79 Å². The van der Waals surface area contributed by atoms with Crippen molar-refractivity contribution in [1.82, 2.24) is 15.5 Å². The number of para-hydroxylation sites is 1. The van der Waals surface area contributed by atoms with Gasteiger partial charge in [-0.25, -0.2) is 0 Å². The summed E-state index contributed by atoms with van der Waals surface area (Å²) in [6, 6.07) is 18.9. The molecule has 0 saturated carbocycles. The van der Waals surface area contributed by atoms with Gasteiger partial charge in [0.25, 0.3) is 5.91 Å². The Morgan fingerprint density at radius 1 is 1.15 bits per heavy atom. The van der Waals surface area contributed by atoms with Crippen LogP contribution in [-0.4, -0.2) is 23.2 Å². The van der Waals surface area contributed by atoms with Gasteiger partial charge in [0.1, 0.15) is 17.1 Å². The number of hydrogen-bond acceptors (Lipinski definition) is 4. The number of nitrogens with zero attached hydrogens (tertiary/aromatic N) is 1. The Balaban J connectivity index is 1.44. The van der Waals surface area contributed by atoms with E-state index in [2.05, 4.69) is 15.5 Å². The van der Waals surface area contributed by atoms with Crippen molar-refractivity contribution in [3.63, 3.8) is 0 Å². The molecule has 2 N–H and O–H groups in total. The van der Waals surface area contributed by atoms with Gasteiger partial charge in [0, 0.05) is 22.5 Å². The zero-order chi connectivity index (χ0) is 17.9. The van der Waals surface area contributed by atoms with Crippen LogP contribution in [0.25, 0.3) is 22.2 Å². The maximum atomic E-state index is 12.3. The lowest BCUT2D eigenvalue weighted by molar-refractivity contribution is 0.0946. The van der Waals surface area contributed by atoms with Crippen molar-refractivity contribution in [1.29, 1.82) is 0 Å². The summed E-state index contributed by atoms with van der Waals surface area (Å²) >= 11 is 0. The molecule has 130 valence electrons. The van der Waals surface area contributed by atoms with Gasteiger partial charge in [-0.05, 0) is 24.3 Å². The molecule has 4 aromatic rings. The van der Waals surface area contributed by atoms with Gasteiger partial charge in [-0.1, -0.05) is 35.5 Å². The number of rotatable bonds is 5. The number of nitrogens with one attached hydrogen (secondary N) is 2. The predicted molar refractivity (Wildman–Crippen MR) is 98.0 cm³/mol. The maximum Gasteiger partial charge on any atom is 0.268 e. The van der Waals surface area contributed by atoms with Crippen LogP contribution in [0.3, 0.4) is 0 Å². The highest BCUT2D eigenvalue weighted by Gasteiger charge is 2.12. The summed E-state index contributed by atoms with van der Waals surface area (Å²) in [6.07, 6.45) is 0. The molecule has 0 aliphatic rings. The molecule has 6 nitrogen and oxygen atoms in total. The van der Waals surface area contributed by atoms with E-state index in [-0.39, 0.29) is 12.5 Å². The second-order valence-corrected chi connectivity index (χ2v) is 5.87. The minimum absolute atomic E-state index is 0.188. The molecule has 1 amide bonds. The lowest BCUT2D eigenvalue weighted by Crippen LogP contribution is -2.23. The third kappa shape index (κ3) is 3.17. The summed E-state index contributed by atoms with van der Waals surface area (Å²) in [6.45, 7) is 0.279. The maximum absolute atomic E-state index is 12.3. The van der Waals surface area contributed by atoms with Crippen molar-refractivity contribution in [2.24, 2.45) is 0 Å². The van der Waals surface area contributed by atoms with Gasteiger partial charge in [-0.15, -0.1) is 0 Å². The summed E-state index contributed by atoms with van der Waals surface area (Å²) in [7, 11) is 1.62. The van der Waals surface area contributed by atoms with Crippen molar-refractivity contribution in [3.05, 3.63) is 72.1 Å². The molecule has 2 heterocycles. The number of methoxy groups -OCH3 is 1. The number of carbonyl (C=O) groups is 1. The number of amides is 1. The number of aromatic nitrogens is 2. The second-order valence-electron chi connectivity index (χ2n) is 5.87. The summed E-state index contributed by atoms with van der Waals surface area (Å²) in [5.74, 6) is 1.18. The molecule has 4 rings (SSSR count). The third-order valence-corrected chi connectivity index (χ3v) is 4.12. The third-order valence-electron chi connectivity index (χ3n) is 4.12. The topological polar surface area (TPSA) is 80.1 Å². The zero-order valence-electron chi connectivity index (χ0n) is 14.2. The highest BCUT2D eigenvalue weighted by Crippen LogP contribution is 2.24. The smallest absolute Gasteiger partial charge is 0.268 e. The fourth-order valence-electron chi connectivity index (χ4n) is 2.77. The van der Waals surface area contributed by atoms with Gasteiger partial charge >= 0.3 is 0 Å². The molecule has 0 unspecified atom stereocenters. The molecule has 0 aliphatic carbocycles. The molecule has 0 saturated heterocycles. The molecular formula is C20H17N3O3. The number of fused-ring (bicyclic) bond motifs is 1. The zero-order valence-corrected chi connectivity index (χ0v) is 14.2. The molecule has 6 heteroatoms. The number of aromatic amines is 1. The molecular weight excluding hydrogens is 330 g/mol. The van der Waals surface area contributed by atoms with E-state index in [4.69, 9.17) is 9.26 Å². The normalized spacial score (nSPS) is 10.8. The fourth-order valence-corrected chi connectivity index (χ4v) is 2.77. The Morgan fingerprint density at radius 2 is 2.04 bits per heavy atom. The highest BCUT2D eigenvalue weighted by molar-refractivity contribution is 5.97.